The smallest absolute Gasteiger partial charge is 0.265 e. The maximum Gasteiger partial charge on any atom is 0.265 e. The fourth-order valence-electron chi connectivity index (χ4n) is 3.91. The molecule has 1 aliphatic heterocycles. The standard InChI is InChI=1S/C21H19ClF2N2O/c1-12-9-15-17(25(2)21(12)27)6-3-7-18(15)26-8-4-5-13-10-16(22)14(20(23)24)11-19(13)26/h3,6-7,9-11,20H,4-5,8H2,1-2H3. The van der Waals surface area contributed by atoms with E-state index in [0.29, 0.717) is 5.56 Å². The summed E-state index contributed by atoms with van der Waals surface area (Å²) >= 11 is 6.07. The number of nitrogens with zero attached hydrogens (tertiary/aromatic N) is 2. The quantitative estimate of drug-likeness (QED) is 0.577. The molecule has 0 saturated carbocycles. The molecular formula is C21H19ClF2N2O. The molecule has 0 saturated heterocycles. The van der Waals surface area contributed by atoms with Crippen LogP contribution in [-0.4, -0.2) is 11.1 Å². The van der Waals surface area contributed by atoms with Crippen LogP contribution in [0.3, 0.4) is 0 Å². The second-order valence-electron chi connectivity index (χ2n) is 6.96. The SMILES string of the molecule is Cc1cc2c(N3CCCc4cc(Cl)c(C(F)F)cc43)cccc2n(C)c1=O. The van der Waals surface area contributed by atoms with Gasteiger partial charge in [0.15, 0.2) is 0 Å². The maximum atomic E-state index is 13.4. The van der Waals surface area contributed by atoms with Crippen molar-refractivity contribution >= 4 is 33.9 Å². The highest BCUT2D eigenvalue weighted by Crippen LogP contribution is 2.41. The Bertz CT molecular complexity index is 1110. The van der Waals surface area contributed by atoms with E-state index >= 15 is 0 Å². The average molecular weight is 389 g/mol. The van der Waals surface area contributed by atoms with Crippen LogP contribution < -0.4 is 10.5 Å². The van der Waals surface area contributed by atoms with Crippen molar-refractivity contribution in [2.45, 2.75) is 26.2 Å². The van der Waals surface area contributed by atoms with Crippen LogP contribution in [0.4, 0.5) is 20.2 Å². The van der Waals surface area contributed by atoms with Gasteiger partial charge in [0.05, 0.1) is 11.2 Å². The third-order valence-corrected chi connectivity index (χ3v) is 5.59. The Labute approximate surface area is 160 Å². The molecule has 3 aromatic rings. The molecule has 0 N–H and O–H groups in total. The highest BCUT2D eigenvalue weighted by atomic mass is 35.5. The second kappa shape index (κ2) is 6.64. The molecule has 27 heavy (non-hydrogen) atoms. The van der Waals surface area contributed by atoms with Gasteiger partial charge in [-0.15, -0.1) is 0 Å². The zero-order valence-electron chi connectivity index (χ0n) is 15.1. The lowest BCUT2D eigenvalue weighted by molar-refractivity contribution is 0.151. The topological polar surface area (TPSA) is 25.2 Å². The number of benzene rings is 2. The van der Waals surface area contributed by atoms with E-state index in [0.717, 1.165) is 47.2 Å². The van der Waals surface area contributed by atoms with E-state index in [9.17, 15) is 13.6 Å². The third kappa shape index (κ3) is 2.90. The fourth-order valence-corrected chi connectivity index (χ4v) is 4.17. The highest BCUT2D eigenvalue weighted by molar-refractivity contribution is 6.31. The van der Waals surface area contributed by atoms with Gasteiger partial charge in [-0.1, -0.05) is 17.7 Å². The predicted molar refractivity (Wildman–Crippen MR) is 106 cm³/mol. The number of anilines is 2. The van der Waals surface area contributed by atoms with E-state index in [4.69, 9.17) is 11.6 Å². The molecule has 1 aromatic heterocycles. The average Bonchev–Trinajstić information content (AvgIpc) is 2.64. The molecule has 0 radical (unpaired) electrons. The van der Waals surface area contributed by atoms with E-state index in [1.165, 1.54) is 6.07 Å². The van der Waals surface area contributed by atoms with E-state index in [2.05, 4.69) is 4.90 Å². The van der Waals surface area contributed by atoms with E-state index in [-0.39, 0.29) is 16.1 Å². The highest BCUT2D eigenvalue weighted by Gasteiger charge is 2.24. The normalized spacial score (nSPS) is 14.1. The molecule has 6 heteroatoms. The molecule has 0 aliphatic carbocycles. The minimum absolute atomic E-state index is 0.0366. The van der Waals surface area contributed by atoms with Crippen LogP contribution in [0.15, 0.2) is 41.2 Å². The molecule has 0 unspecified atom stereocenters. The van der Waals surface area contributed by atoms with Crippen LogP contribution in [0.1, 0.15) is 29.5 Å². The lowest BCUT2D eigenvalue weighted by Gasteiger charge is -2.33. The van der Waals surface area contributed by atoms with Gasteiger partial charge in [0.2, 0.25) is 0 Å². The summed E-state index contributed by atoms with van der Waals surface area (Å²) in [6.07, 6.45) is -0.919. The third-order valence-electron chi connectivity index (χ3n) is 5.27. The van der Waals surface area contributed by atoms with Gasteiger partial charge in [0.25, 0.3) is 12.0 Å². The summed E-state index contributed by atoms with van der Waals surface area (Å²) in [7, 11) is 1.75. The number of aryl methyl sites for hydroxylation is 3. The van der Waals surface area contributed by atoms with Gasteiger partial charge in [0.1, 0.15) is 0 Å². The monoisotopic (exact) mass is 388 g/mol. The number of aromatic nitrogens is 1. The number of hydrogen-bond acceptors (Lipinski definition) is 2. The van der Waals surface area contributed by atoms with E-state index in [1.54, 1.807) is 24.6 Å². The van der Waals surface area contributed by atoms with Gasteiger partial charge in [-0.05, 0) is 55.7 Å². The Morgan fingerprint density at radius 3 is 2.67 bits per heavy atom. The van der Waals surface area contributed by atoms with Crippen molar-refractivity contribution in [1.29, 1.82) is 0 Å². The van der Waals surface area contributed by atoms with E-state index < -0.39 is 6.43 Å². The number of fused-ring (bicyclic) bond motifs is 2. The zero-order chi connectivity index (χ0) is 19.3. The molecular weight excluding hydrogens is 370 g/mol. The van der Waals surface area contributed by atoms with Crippen molar-refractivity contribution in [1.82, 2.24) is 4.57 Å². The van der Waals surface area contributed by atoms with Gasteiger partial charge in [-0.25, -0.2) is 8.78 Å². The molecule has 2 aromatic carbocycles. The molecule has 0 amide bonds. The van der Waals surface area contributed by atoms with Crippen LogP contribution in [0.25, 0.3) is 10.9 Å². The Balaban J connectivity index is 1.97. The summed E-state index contributed by atoms with van der Waals surface area (Å²) in [4.78, 5) is 14.3. The molecule has 1 aliphatic rings. The summed E-state index contributed by atoms with van der Waals surface area (Å²) in [6.45, 7) is 2.51. The van der Waals surface area contributed by atoms with Crippen molar-refractivity contribution < 1.29 is 8.78 Å². The largest absolute Gasteiger partial charge is 0.341 e. The van der Waals surface area contributed by atoms with Crippen molar-refractivity contribution in [3.63, 3.8) is 0 Å². The lowest BCUT2D eigenvalue weighted by atomic mass is 9.98. The fraction of sp³-hybridized carbons (Fsp3) is 0.286. The number of alkyl halides is 2. The Morgan fingerprint density at radius 1 is 1.15 bits per heavy atom. The zero-order valence-corrected chi connectivity index (χ0v) is 15.9. The number of pyridine rings is 1. The predicted octanol–water partition coefficient (Wildman–Crippen LogP) is 5.52. The van der Waals surface area contributed by atoms with Crippen molar-refractivity contribution in [2.24, 2.45) is 7.05 Å². The summed E-state index contributed by atoms with van der Waals surface area (Å²) in [6, 6.07) is 10.8. The van der Waals surface area contributed by atoms with Crippen molar-refractivity contribution in [3.8, 4) is 0 Å². The summed E-state index contributed by atoms with van der Waals surface area (Å²) in [5, 5.41) is 1.04. The van der Waals surface area contributed by atoms with Gasteiger partial charge in [0, 0.05) is 40.8 Å². The Morgan fingerprint density at radius 2 is 1.93 bits per heavy atom. The number of halogens is 3. The molecule has 3 nitrogen and oxygen atoms in total. The molecule has 4 rings (SSSR count). The molecule has 0 atom stereocenters. The Kier molecular flexibility index (Phi) is 4.42. The van der Waals surface area contributed by atoms with Gasteiger partial charge >= 0.3 is 0 Å². The van der Waals surface area contributed by atoms with Crippen LogP contribution in [0, 0.1) is 6.92 Å². The minimum atomic E-state index is -2.62. The number of hydrogen-bond donors (Lipinski definition) is 0. The summed E-state index contributed by atoms with van der Waals surface area (Å²) in [5.74, 6) is 0. The van der Waals surface area contributed by atoms with Crippen LogP contribution in [0.2, 0.25) is 5.02 Å². The van der Waals surface area contributed by atoms with Crippen LogP contribution >= 0.6 is 11.6 Å². The van der Waals surface area contributed by atoms with E-state index in [1.807, 2.05) is 24.3 Å². The first-order chi connectivity index (χ1) is 12.9. The maximum absolute atomic E-state index is 13.4. The first-order valence-corrected chi connectivity index (χ1v) is 9.23. The van der Waals surface area contributed by atoms with Crippen LogP contribution in [-0.2, 0) is 13.5 Å². The van der Waals surface area contributed by atoms with Crippen molar-refractivity contribution in [3.05, 3.63) is 68.5 Å². The van der Waals surface area contributed by atoms with Gasteiger partial charge in [-0.3, -0.25) is 4.79 Å². The first-order valence-electron chi connectivity index (χ1n) is 8.86. The second-order valence-corrected chi connectivity index (χ2v) is 7.37. The Hall–Kier alpha value is -2.40. The van der Waals surface area contributed by atoms with Crippen molar-refractivity contribution in [2.75, 3.05) is 11.4 Å². The molecule has 0 fully saturated rings. The molecule has 140 valence electrons. The summed E-state index contributed by atoms with van der Waals surface area (Å²) < 4.78 is 28.4. The first kappa shape index (κ1) is 18.0. The lowest BCUT2D eigenvalue weighted by Crippen LogP contribution is -2.26. The minimum Gasteiger partial charge on any atom is -0.341 e. The van der Waals surface area contributed by atoms with Gasteiger partial charge < -0.3 is 9.47 Å². The van der Waals surface area contributed by atoms with Crippen LogP contribution in [0.5, 0.6) is 0 Å². The molecule has 0 spiro atoms. The van der Waals surface area contributed by atoms with Gasteiger partial charge in [-0.2, -0.15) is 0 Å². The number of rotatable bonds is 2. The molecule has 0 bridgehead atoms. The summed E-state index contributed by atoms with van der Waals surface area (Å²) in [5.41, 5.74) is 3.93. The molecule has 2 heterocycles.